The zero-order chi connectivity index (χ0) is 14.5. The molecule has 0 spiro atoms. The Hall–Kier alpha value is -1.18. The molecule has 7 nitrogen and oxygen atoms in total. The lowest BCUT2D eigenvalue weighted by molar-refractivity contribution is -0.270. The Morgan fingerprint density at radius 2 is 2.11 bits per heavy atom. The van der Waals surface area contributed by atoms with Gasteiger partial charge in [-0.25, -0.2) is 4.79 Å². The van der Waals surface area contributed by atoms with Crippen LogP contribution in [0.3, 0.4) is 0 Å². The second kappa shape index (κ2) is 6.83. The van der Waals surface area contributed by atoms with Crippen LogP contribution in [0.25, 0.3) is 0 Å². The first-order chi connectivity index (χ1) is 8.99. The van der Waals surface area contributed by atoms with Crippen LogP contribution in [-0.2, 0) is 23.8 Å². The highest BCUT2D eigenvalue weighted by Crippen LogP contribution is 2.33. The van der Waals surface area contributed by atoms with Crippen molar-refractivity contribution in [1.29, 1.82) is 0 Å². The van der Waals surface area contributed by atoms with Crippen molar-refractivity contribution < 1.29 is 34.0 Å². The van der Waals surface area contributed by atoms with E-state index in [1.165, 1.54) is 0 Å². The third-order valence-electron chi connectivity index (χ3n) is 3.22. The smallest absolute Gasteiger partial charge is 0.365 e. The molecule has 0 aromatic rings. The Morgan fingerprint density at radius 3 is 2.47 bits per heavy atom. The number of hydrogen-bond acceptors (Lipinski definition) is 5. The predicted molar refractivity (Wildman–Crippen MR) is 63.7 cm³/mol. The molecule has 19 heavy (non-hydrogen) atoms. The van der Waals surface area contributed by atoms with E-state index < -0.39 is 29.7 Å². The van der Waals surface area contributed by atoms with Crippen LogP contribution in [0, 0.1) is 5.92 Å². The molecule has 0 amide bonds. The van der Waals surface area contributed by atoms with Crippen molar-refractivity contribution in [3.63, 3.8) is 0 Å². The average molecular weight is 276 g/mol. The van der Waals surface area contributed by atoms with Crippen molar-refractivity contribution in [3.05, 3.63) is 0 Å². The van der Waals surface area contributed by atoms with Crippen LogP contribution in [0.15, 0.2) is 0 Å². The third-order valence-corrected chi connectivity index (χ3v) is 3.22. The number of hydrogen-bond donors (Lipinski definition) is 2. The van der Waals surface area contributed by atoms with Gasteiger partial charge in [-0.2, -0.15) is 0 Å². The van der Waals surface area contributed by atoms with Crippen molar-refractivity contribution in [2.24, 2.45) is 5.92 Å². The Kier molecular flexibility index (Phi) is 5.71. The maximum absolute atomic E-state index is 11.5. The highest BCUT2D eigenvalue weighted by atomic mass is 16.7. The Labute approximate surface area is 111 Å². The quantitative estimate of drug-likeness (QED) is 0.660. The number of carbonyl (C=O) groups is 2. The molecular weight excluding hydrogens is 256 g/mol. The summed E-state index contributed by atoms with van der Waals surface area (Å²) >= 11 is 0. The molecule has 3 unspecified atom stereocenters. The van der Waals surface area contributed by atoms with Crippen LogP contribution < -0.4 is 0 Å². The molecule has 7 heteroatoms. The number of carboxylic acids is 2. The molecule has 1 heterocycles. The number of rotatable bonds is 7. The van der Waals surface area contributed by atoms with E-state index in [-0.39, 0.29) is 6.61 Å². The van der Waals surface area contributed by atoms with Gasteiger partial charge in [0.1, 0.15) is 5.92 Å². The van der Waals surface area contributed by atoms with Gasteiger partial charge in [0.2, 0.25) is 0 Å². The highest BCUT2D eigenvalue weighted by molar-refractivity contribution is 5.85. The molecule has 3 atom stereocenters. The van der Waals surface area contributed by atoms with E-state index >= 15 is 0 Å². The molecule has 1 aliphatic heterocycles. The van der Waals surface area contributed by atoms with E-state index in [1.54, 1.807) is 6.92 Å². The Morgan fingerprint density at radius 1 is 1.42 bits per heavy atom. The summed E-state index contributed by atoms with van der Waals surface area (Å²) in [6.45, 7) is 2.02. The topological polar surface area (TPSA) is 102 Å². The van der Waals surface area contributed by atoms with Crippen molar-refractivity contribution >= 4 is 11.9 Å². The SMILES string of the molecule is CCOC(OC)(C(=O)O)C(C(=O)O)C1CCCCO1. The van der Waals surface area contributed by atoms with Gasteiger partial charge in [-0.1, -0.05) is 0 Å². The molecule has 0 aromatic carbocycles. The summed E-state index contributed by atoms with van der Waals surface area (Å²) in [5.41, 5.74) is 0. The Balaban J connectivity index is 3.10. The highest BCUT2D eigenvalue weighted by Gasteiger charge is 2.56. The fourth-order valence-corrected chi connectivity index (χ4v) is 2.37. The zero-order valence-electron chi connectivity index (χ0n) is 11.1. The molecule has 1 saturated heterocycles. The zero-order valence-corrected chi connectivity index (χ0v) is 11.1. The van der Waals surface area contributed by atoms with Gasteiger partial charge in [0.05, 0.1) is 6.10 Å². The summed E-state index contributed by atoms with van der Waals surface area (Å²) in [5.74, 6) is -6.39. The summed E-state index contributed by atoms with van der Waals surface area (Å²) < 4.78 is 15.5. The first-order valence-electron chi connectivity index (χ1n) is 6.26. The van der Waals surface area contributed by atoms with Crippen molar-refractivity contribution in [2.45, 2.75) is 38.1 Å². The third kappa shape index (κ3) is 3.23. The first kappa shape index (κ1) is 15.9. The van der Waals surface area contributed by atoms with Gasteiger partial charge in [-0.3, -0.25) is 4.79 Å². The minimum atomic E-state index is -2.22. The molecule has 0 bridgehead atoms. The molecule has 2 N–H and O–H groups in total. The lowest BCUT2D eigenvalue weighted by Gasteiger charge is -2.38. The summed E-state index contributed by atoms with van der Waals surface area (Å²) in [7, 11) is 1.13. The fourth-order valence-electron chi connectivity index (χ4n) is 2.37. The largest absolute Gasteiger partial charge is 0.481 e. The summed E-state index contributed by atoms with van der Waals surface area (Å²) in [5, 5.41) is 18.7. The van der Waals surface area contributed by atoms with E-state index in [0.29, 0.717) is 13.0 Å². The maximum Gasteiger partial charge on any atom is 0.365 e. The number of aliphatic carboxylic acids is 2. The molecule has 1 aliphatic rings. The summed E-state index contributed by atoms with van der Waals surface area (Å²) in [6.07, 6.45) is 1.38. The minimum absolute atomic E-state index is 0.0244. The molecule has 1 rings (SSSR count). The van der Waals surface area contributed by atoms with Gasteiger partial charge < -0.3 is 24.4 Å². The van der Waals surface area contributed by atoms with Gasteiger partial charge in [-0.05, 0) is 26.2 Å². The molecule has 0 saturated carbocycles. The van der Waals surface area contributed by atoms with Crippen LogP contribution in [0.2, 0.25) is 0 Å². The van der Waals surface area contributed by atoms with E-state index in [1.807, 2.05) is 0 Å². The second-order valence-corrected chi connectivity index (χ2v) is 4.33. The normalized spacial score (nSPS) is 24.4. The Bertz CT molecular complexity index is 324. The van der Waals surface area contributed by atoms with Gasteiger partial charge >= 0.3 is 11.9 Å². The standard InChI is InChI=1S/C12H20O7/c1-3-19-12(17-2,11(15)16)9(10(13)14)8-6-4-5-7-18-8/h8-9H,3-7H2,1-2H3,(H,13,14)(H,15,16). The molecule has 110 valence electrons. The minimum Gasteiger partial charge on any atom is -0.481 e. The lowest BCUT2D eigenvalue weighted by atomic mass is 9.87. The van der Waals surface area contributed by atoms with Crippen molar-refractivity contribution in [2.75, 3.05) is 20.3 Å². The molecule has 0 aliphatic carbocycles. The van der Waals surface area contributed by atoms with E-state index in [9.17, 15) is 19.8 Å². The van der Waals surface area contributed by atoms with Crippen molar-refractivity contribution in [3.8, 4) is 0 Å². The van der Waals surface area contributed by atoms with Gasteiger partial charge in [0.25, 0.3) is 5.79 Å². The average Bonchev–Trinajstić information content (AvgIpc) is 2.38. The van der Waals surface area contributed by atoms with Gasteiger partial charge in [-0.15, -0.1) is 0 Å². The first-order valence-corrected chi connectivity index (χ1v) is 6.26. The van der Waals surface area contributed by atoms with E-state index in [2.05, 4.69) is 0 Å². The maximum atomic E-state index is 11.5. The van der Waals surface area contributed by atoms with Crippen LogP contribution in [-0.4, -0.2) is 54.4 Å². The monoisotopic (exact) mass is 276 g/mol. The van der Waals surface area contributed by atoms with Crippen LogP contribution in [0.5, 0.6) is 0 Å². The second-order valence-electron chi connectivity index (χ2n) is 4.33. The van der Waals surface area contributed by atoms with Gasteiger partial charge in [0.15, 0.2) is 0 Å². The van der Waals surface area contributed by atoms with E-state index in [0.717, 1.165) is 20.0 Å². The predicted octanol–water partition coefficient (Wildman–Crippen LogP) is 0.720. The fraction of sp³-hybridized carbons (Fsp3) is 0.833. The molecular formula is C12H20O7. The summed E-state index contributed by atoms with van der Waals surface area (Å²) in [6, 6.07) is 0. The van der Waals surface area contributed by atoms with Crippen LogP contribution in [0.4, 0.5) is 0 Å². The molecule has 1 fully saturated rings. The number of carboxylic acid groups (broad SMARTS) is 2. The van der Waals surface area contributed by atoms with E-state index in [4.69, 9.17) is 14.2 Å². The number of ether oxygens (including phenoxy) is 3. The number of methoxy groups -OCH3 is 1. The van der Waals surface area contributed by atoms with Crippen LogP contribution >= 0.6 is 0 Å². The molecule has 0 aromatic heterocycles. The summed E-state index contributed by atoms with van der Waals surface area (Å²) in [4.78, 5) is 22.9. The molecule has 0 radical (unpaired) electrons. The van der Waals surface area contributed by atoms with Crippen LogP contribution in [0.1, 0.15) is 26.2 Å². The van der Waals surface area contributed by atoms with Crippen molar-refractivity contribution in [1.82, 2.24) is 0 Å². The lowest BCUT2D eigenvalue weighted by Crippen LogP contribution is -2.58. The van der Waals surface area contributed by atoms with Gasteiger partial charge in [0, 0.05) is 20.3 Å².